The normalized spacial score (nSPS) is 15.4. The van der Waals surface area contributed by atoms with Crippen molar-refractivity contribution in [2.24, 2.45) is 0 Å². The van der Waals surface area contributed by atoms with Gasteiger partial charge in [0.1, 0.15) is 5.82 Å². The number of carbonyl (C=O) groups is 1. The average molecular weight is 280 g/mol. The minimum absolute atomic E-state index is 0.0000818. The zero-order valence-electron chi connectivity index (χ0n) is 12.7. The lowest BCUT2D eigenvalue weighted by molar-refractivity contribution is -0.123. The van der Waals surface area contributed by atoms with Gasteiger partial charge < -0.3 is 5.32 Å². The molecule has 0 radical (unpaired) electrons. The molecule has 0 aliphatic heterocycles. The Morgan fingerprint density at radius 1 is 1.20 bits per heavy atom. The molecule has 2 N–H and O–H groups in total. The van der Waals surface area contributed by atoms with Crippen LogP contribution in [0.5, 0.6) is 0 Å². The summed E-state index contributed by atoms with van der Waals surface area (Å²) in [4.78, 5) is 12.0. The Kier molecular flexibility index (Phi) is 6.65. The van der Waals surface area contributed by atoms with Crippen molar-refractivity contribution >= 4 is 5.91 Å². The van der Waals surface area contributed by atoms with E-state index in [4.69, 9.17) is 0 Å². The van der Waals surface area contributed by atoms with Crippen LogP contribution in [0.1, 0.15) is 52.1 Å². The molecule has 0 fully saturated rings. The molecule has 1 rings (SSSR count). The Hall–Kier alpha value is -1.42. The molecule has 0 aliphatic rings. The second-order valence-electron chi connectivity index (χ2n) is 5.36. The fraction of sp³-hybridized carbons (Fsp3) is 0.562. The summed E-state index contributed by atoms with van der Waals surface area (Å²) in [5.41, 5.74) is 0.965. The number of carbonyl (C=O) groups excluding carboxylic acids is 1. The largest absolute Gasteiger partial charge is 0.352 e. The van der Waals surface area contributed by atoms with E-state index >= 15 is 0 Å². The first-order chi connectivity index (χ1) is 9.43. The van der Waals surface area contributed by atoms with E-state index in [2.05, 4.69) is 17.6 Å². The van der Waals surface area contributed by atoms with Crippen LogP contribution in [0.15, 0.2) is 24.3 Å². The molecule has 0 aliphatic carbocycles. The van der Waals surface area contributed by atoms with Gasteiger partial charge in [-0.2, -0.15) is 0 Å². The van der Waals surface area contributed by atoms with Crippen molar-refractivity contribution in [1.29, 1.82) is 0 Å². The van der Waals surface area contributed by atoms with Gasteiger partial charge >= 0.3 is 0 Å². The Morgan fingerprint density at radius 2 is 1.80 bits per heavy atom. The van der Waals surface area contributed by atoms with E-state index in [1.54, 1.807) is 12.1 Å². The monoisotopic (exact) mass is 280 g/mol. The van der Waals surface area contributed by atoms with Gasteiger partial charge in [0.25, 0.3) is 0 Å². The summed E-state index contributed by atoms with van der Waals surface area (Å²) in [5.74, 6) is -0.250. The van der Waals surface area contributed by atoms with Gasteiger partial charge in [-0.3, -0.25) is 10.1 Å². The Morgan fingerprint density at radius 3 is 2.35 bits per heavy atom. The van der Waals surface area contributed by atoms with Gasteiger partial charge in [0, 0.05) is 12.1 Å². The van der Waals surface area contributed by atoms with Crippen molar-refractivity contribution in [2.75, 3.05) is 0 Å². The molecule has 0 saturated heterocycles. The number of rotatable bonds is 7. The summed E-state index contributed by atoms with van der Waals surface area (Å²) < 4.78 is 12.9. The maximum Gasteiger partial charge on any atom is 0.237 e. The first-order valence-corrected chi connectivity index (χ1v) is 7.26. The summed E-state index contributed by atoms with van der Waals surface area (Å²) in [5, 5.41) is 6.21. The molecule has 1 amide bonds. The zero-order valence-corrected chi connectivity index (χ0v) is 12.7. The van der Waals surface area contributed by atoms with Crippen molar-refractivity contribution in [3.8, 4) is 0 Å². The molecule has 0 bridgehead atoms. The molecule has 20 heavy (non-hydrogen) atoms. The number of hydrogen-bond acceptors (Lipinski definition) is 2. The van der Waals surface area contributed by atoms with E-state index in [1.165, 1.54) is 12.1 Å². The summed E-state index contributed by atoms with van der Waals surface area (Å²) in [6, 6.07) is 6.24. The minimum atomic E-state index is -0.283. The highest BCUT2D eigenvalue weighted by Crippen LogP contribution is 2.13. The lowest BCUT2D eigenvalue weighted by Gasteiger charge is -2.22. The summed E-state index contributed by atoms with van der Waals surface area (Å²) in [6.45, 7) is 7.92. The molecular formula is C16H25FN2O. The molecular weight excluding hydrogens is 255 g/mol. The smallest absolute Gasteiger partial charge is 0.237 e. The van der Waals surface area contributed by atoms with Gasteiger partial charge in [-0.25, -0.2) is 4.39 Å². The molecule has 0 saturated carbocycles. The second-order valence-corrected chi connectivity index (χ2v) is 5.36. The van der Waals surface area contributed by atoms with E-state index in [0.717, 1.165) is 18.4 Å². The van der Waals surface area contributed by atoms with Crippen LogP contribution in [0, 0.1) is 5.82 Å². The highest BCUT2D eigenvalue weighted by atomic mass is 19.1. The quantitative estimate of drug-likeness (QED) is 0.805. The predicted octanol–water partition coefficient (Wildman–Crippen LogP) is 3.17. The Bertz CT molecular complexity index is 419. The van der Waals surface area contributed by atoms with Gasteiger partial charge in [-0.1, -0.05) is 25.5 Å². The maximum atomic E-state index is 12.9. The van der Waals surface area contributed by atoms with E-state index in [1.807, 2.05) is 20.8 Å². The number of hydrogen-bond donors (Lipinski definition) is 2. The highest BCUT2D eigenvalue weighted by Gasteiger charge is 2.17. The van der Waals surface area contributed by atoms with Crippen LogP contribution >= 0.6 is 0 Å². The lowest BCUT2D eigenvalue weighted by atomic mass is 10.1. The summed E-state index contributed by atoms with van der Waals surface area (Å²) in [6.07, 6.45) is 2.03. The fourth-order valence-electron chi connectivity index (χ4n) is 2.17. The van der Waals surface area contributed by atoms with Gasteiger partial charge in [0.15, 0.2) is 0 Å². The van der Waals surface area contributed by atoms with Crippen LogP contribution in [0.2, 0.25) is 0 Å². The minimum Gasteiger partial charge on any atom is -0.352 e. The van der Waals surface area contributed by atoms with Crippen LogP contribution < -0.4 is 10.6 Å². The van der Waals surface area contributed by atoms with E-state index in [0.29, 0.717) is 0 Å². The molecule has 4 heteroatoms. The van der Waals surface area contributed by atoms with Crippen LogP contribution in [0.3, 0.4) is 0 Å². The standard InChI is InChI=1S/C16H25FN2O/c1-5-6-11(2)18-16(20)13(4)19-12(3)14-7-9-15(17)10-8-14/h7-13,19H,5-6H2,1-4H3,(H,18,20). The first-order valence-electron chi connectivity index (χ1n) is 7.26. The first kappa shape index (κ1) is 16.6. The van der Waals surface area contributed by atoms with Crippen molar-refractivity contribution in [3.63, 3.8) is 0 Å². The molecule has 1 aromatic carbocycles. The molecule has 0 heterocycles. The van der Waals surface area contributed by atoms with Crippen molar-refractivity contribution in [2.45, 2.75) is 58.7 Å². The molecule has 3 unspecified atom stereocenters. The van der Waals surface area contributed by atoms with E-state index < -0.39 is 0 Å². The van der Waals surface area contributed by atoms with E-state index in [9.17, 15) is 9.18 Å². The average Bonchev–Trinajstić information content (AvgIpc) is 2.39. The van der Waals surface area contributed by atoms with Gasteiger partial charge in [-0.05, 0) is 44.9 Å². The molecule has 112 valence electrons. The Labute approximate surface area is 121 Å². The molecule has 1 aromatic rings. The second kappa shape index (κ2) is 8.00. The topological polar surface area (TPSA) is 41.1 Å². The molecule has 3 nitrogen and oxygen atoms in total. The SMILES string of the molecule is CCCC(C)NC(=O)C(C)NC(C)c1ccc(F)cc1. The lowest BCUT2D eigenvalue weighted by Crippen LogP contribution is -2.46. The van der Waals surface area contributed by atoms with Gasteiger partial charge in [0.2, 0.25) is 5.91 Å². The third-order valence-electron chi connectivity index (χ3n) is 3.37. The van der Waals surface area contributed by atoms with Crippen molar-refractivity contribution in [1.82, 2.24) is 10.6 Å². The van der Waals surface area contributed by atoms with Crippen molar-refractivity contribution < 1.29 is 9.18 Å². The van der Waals surface area contributed by atoms with E-state index in [-0.39, 0.29) is 29.8 Å². The predicted molar refractivity (Wildman–Crippen MR) is 79.9 cm³/mol. The number of nitrogens with one attached hydrogen (secondary N) is 2. The number of amides is 1. The van der Waals surface area contributed by atoms with Crippen LogP contribution in [-0.2, 0) is 4.79 Å². The molecule has 3 atom stereocenters. The third kappa shape index (κ3) is 5.29. The van der Waals surface area contributed by atoms with Crippen molar-refractivity contribution in [3.05, 3.63) is 35.6 Å². The Balaban J connectivity index is 2.50. The molecule has 0 spiro atoms. The summed E-state index contributed by atoms with van der Waals surface area (Å²) >= 11 is 0. The number of halogens is 1. The fourth-order valence-corrected chi connectivity index (χ4v) is 2.17. The highest BCUT2D eigenvalue weighted by molar-refractivity contribution is 5.81. The number of benzene rings is 1. The zero-order chi connectivity index (χ0) is 15.1. The molecule has 0 aromatic heterocycles. The third-order valence-corrected chi connectivity index (χ3v) is 3.37. The van der Waals surface area contributed by atoms with Crippen LogP contribution in [-0.4, -0.2) is 18.0 Å². The van der Waals surface area contributed by atoms with Crippen LogP contribution in [0.4, 0.5) is 4.39 Å². The van der Waals surface area contributed by atoms with Crippen LogP contribution in [0.25, 0.3) is 0 Å². The van der Waals surface area contributed by atoms with Gasteiger partial charge in [0.05, 0.1) is 6.04 Å². The summed E-state index contributed by atoms with van der Waals surface area (Å²) in [7, 11) is 0. The maximum absolute atomic E-state index is 12.9. The van der Waals surface area contributed by atoms with Gasteiger partial charge in [-0.15, -0.1) is 0 Å².